The predicted molar refractivity (Wildman–Crippen MR) is 78.8 cm³/mol. The van der Waals surface area contributed by atoms with Crippen LogP contribution in [0, 0.1) is 0 Å². The Balaban J connectivity index is 1.87. The smallest absolute Gasteiger partial charge is 0.340 e. The Hall–Kier alpha value is -1.47. The van der Waals surface area contributed by atoms with E-state index in [1.54, 1.807) is 17.2 Å². The summed E-state index contributed by atoms with van der Waals surface area (Å²) in [6.07, 6.45) is 2.94. The SMILES string of the molecule is CC1CN(C(=O)COC(=O)c2cncc(Br)c2)CC(C)O1. The predicted octanol–water partition coefficient (Wildman–Crippen LogP) is 1.64. The molecule has 0 radical (unpaired) electrons. The van der Waals surface area contributed by atoms with Crippen LogP contribution in [0.4, 0.5) is 0 Å². The monoisotopic (exact) mass is 356 g/mol. The number of hydrogen-bond acceptors (Lipinski definition) is 5. The average molecular weight is 357 g/mol. The lowest BCUT2D eigenvalue weighted by molar-refractivity contribution is -0.146. The highest BCUT2D eigenvalue weighted by Crippen LogP contribution is 2.12. The highest BCUT2D eigenvalue weighted by atomic mass is 79.9. The van der Waals surface area contributed by atoms with E-state index in [-0.39, 0.29) is 24.7 Å². The van der Waals surface area contributed by atoms with Crippen molar-refractivity contribution in [2.75, 3.05) is 19.7 Å². The maximum absolute atomic E-state index is 12.1. The quantitative estimate of drug-likeness (QED) is 0.770. The van der Waals surface area contributed by atoms with Crippen LogP contribution in [0.1, 0.15) is 24.2 Å². The van der Waals surface area contributed by atoms with Crippen LogP contribution in [-0.4, -0.2) is 53.7 Å². The maximum atomic E-state index is 12.1. The fourth-order valence-electron chi connectivity index (χ4n) is 2.21. The molecule has 0 aromatic carbocycles. The van der Waals surface area contributed by atoms with Gasteiger partial charge in [0.1, 0.15) is 0 Å². The number of esters is 1. The van der Waals surface area contributed by atoms with E-state index >= 15 is 0 Å². The molecule has 0 saturated carbocycles. The first-order valence-electron chi connectivity index (χ1n) is 6.66. The van der Waals surface area contributed by atoms with Crippen LogP contribution in [0.15, 0.2) is 22.9 Å². The zero-order valence-corrected chi connectivity index (χ0v) is 13.5. The Morgan fingerprint density at radius 2 is 2.05 bits per heavy atom. The summed E-state index contributed by atoms with van der Waals surface area (Å²) in [5.41, 5.74) is 0.306. The summed E-state index contributed by atoms with van der Waals surface area (Å²) in [5.74, 6) is -0.778. The van der Waals surface area contributed by atoms with Gasteiger partial charge in [-0.3, -0.25) is 9.78 Å². The number of pyridine rings is 1. The molecule has 0 aliphatic carbocycles. The number of amides is 1. The molecule has 1 aromatic heterocycles. The van der Waals surface area contributed by atoms with Crippen molar-refractivity contribution in [3.8, 4) is 0 Å². The van der Waals surface area contributed by atoms with Crippen LogP contribution in [0.25, 0.3) is 0 Å². The van der Waals surface area contributed by atoms with Gasteiger partial charge >= 0.3 is 5.97 Å². The fourth-order valence-corrected chi connectivity index (χ4v) is 2.57. The number of nitrogens with zero attached hydrogens (tertiary/aromatic N) is 2. The van der Waals surface area contributed by atoms with E-state index in [9.17, 15) is 9.59 Å². The second-order valence-electron chi connectivity index (χ2n) is 5.02. The molecule has 1 fully saturated rings. The van der Waals surface area contributed by atoms with E-state index in [0.29, 0.717) is 23.1 Å². The first kappa shape index (κ1) is 15.9. The zero-order valence-electron chi connectivity index (χ0n) is 11.9. The number of carbonyl (C=O) groups is 2. The standard InChI is InChI=1S/C14H17BrN2O4/c1-9-6-17(7-10(2)21-9)13(18)8-20-14(19)11-3-12(15)5-16-4-11/h3-5,9-10H,6-8H2,1-2H3. The van der Waals surface area contributed by atoms with Crippen molar-refractivity contribution in [1.82, 2.24) is 9.88 Å². The van der Waals surface area contributed by atoms with Gasteiger partial charge in [-0.05, 0) is 35.8 Å². The summed E-state index contributed by atoms with van der Waals surface area (Å²) >= 11 is 3.23. The third-order valence-electron chi connectivity index (χ3n) is 3.04. The summed E-state index contributed by atoms with van der Waals surface area (Å²) < 4.78 is 11.3. The van der Waals surface area contributed by atoms with Crippen molar-refractivity contribution in [2.45, 2.75) is 26.1 Å². The maximum Gasteiger partial charge on any atom is 0.340 e. The largest absolute Gasteiger partial charge is 0.452 e. The van der Waals surface area contributed by atoms with E-state index in [0.717, 1.165) is 0 Å². The third-order valence-corrected chi connectivity index (χ3v) is 3.47. The molecule has 1 saturated heterocycles. The van der Waals surface area contributed by atoms with Gasteiger partial charge in [0.05, 0.1) is 17.8 Å². The molecule has 1 amide bonds. The normalized spacial score (nSPS) is 22.0. The van der Waals surface area contributed by atoms with Crippen molar-refractivity contribution in [3.63, 3.8) is 0 Å². The molecule has 2 rings (SSSR count). The topological polar surface area (TPSA) is 68.7 Å². The van der Waals surface area contributed by atoms with Gasteiger partial charge in [-0.1, -0.05) is 0 Å². The van der Waals surface area contributed by atoms with Crippen molar-refractivity contribution in [1.29, 1.82) is 0 Å². The molecule has 2 unspecified atom stereocenters. The van der Waals surface area contributed by atoms with E-state index < -0.39 is 5.97 Å². The Morgan fingerprint density at radius 3 is 2.67 bits per heavy atom. The van der Waals surface area contributed by atoms with Crippen LogP contribution in [0.3, 0.4) is 0 Å². The van der Waals surface area contributed by atoms with Gasteiger partial charge in [0.2, 0.25) is 0 Å². The van der Waals surface area contributed by atoms with Gasteiger partial charge in [-0.25, -0.2) is 4.79 Å². The molecule has 21 heavy (non-hydrogen) atoms. The first-order chi connectivity index (χ1) is 9.95. The van der Waals surface area contributed by atoms with E-state index in [2.05, 4.69) is 20.9 Å². The number of ether oxygens (including phenoxy) is 2. The van der Waals surface area contributed by atoms with Crippen LogP contribution in [0.5, 0.6) is 0 Å². The lowest BCUT2D eigenvalue weighted by Gasteiger charge is -2.35. The summed E-state index contributed by atoms with van der Waals surface area (Å²) in [6.45, 7) is 4.58. The van der Waals surface area contributed by atoms with Crippen molar-refractivity contribution < 1.29 is 19.1 Å². The van der Waals surface area contributed by atoms with Crippen LogP contribution < -0.4 is 0 Å². The molecule has 1 aliphatic rings. The zero-order chi connectivity index (χ0) is 15.4. The van der Waals surface area contributed by atoms with Gasteiger partial charge in [0.25, 0.3) is 5.91 Å². The molecule has 1 aromatic rings. The van der Waals surface area contributed by atoms with E-state index in [1.165, 1.54) is 6.20 Å². The van der Waals surface area contributed by atoms with Gasteiger partial charge in [0, 0.05) is 30.0 Å². The van der Waals surface area contributed by atoms with Crippen LogP contribution in [-0.2, 0) is 14.3 Å². The highest BCUT2D eigenvalue weighted by Gasteiger charge is 2.26. The molecule has 0 spiro atoms. The lowest BCUT2D eigenvalue weighted by Crippen LogP contribution is -2.49. The molecule has 1 aliphatic heterocycles. The summed E-state index contributed by atoms with van der Waals surface area (Å²) in [6, 6.07) is 1.60. The van der Waals surface area contributed by atoms with E-state index in [4.69, 9.17) is 9.47 Å². The van der Waals surface area contributed by atoms with Crippen molar-refractivity contribution in [3.05, 3.63) is 28.5 Å². The fraction of sp³-hybridized carbons (Fsp3) is 0.500. The minimum Gasteiger partial charge on any atom is -0.452 e. The molecule has 0 N–H and O–H groups in total. The second-order valence-corrected chi connectivity index (χ2v) is 5.94. The number of carbonyl (C=O) groups excluding carboxylic acids is 2. The second kappa shape index (κ2) is 7.00. The molecule has 2 heterocycles. The molecule has 0 bridgehead atoms. The first-order valence-corrected chi connectivity index (χ1v) is 7.46. The average Bonchev–Trinajstić information content (AvgIpc) is 2.43. The Kier molecular flexibility index (Phi) is 5.30. The Bertz CT molecular complexity index is 527. The van der Waals surface area contributed by atoms with Crippen LogP contribution >= 0.6 is 15.9 Å². The minimum absolute atomic E-state index is 0.0114. The summed E-state index contributed by atoms with van der Waals surface area (Å²) in [4.78, 5) is 29.4. The minimum atomic E-state index is -0.563. The van der Waals surface area contributed by atoms with Crippen molar-refractivity contribution >= 4 is 27.8 Å². The molecule has 114 valence electrons. The summed E-state index contributed by atoms with van der Waals surface area (Å²) in [7, 11) is 0. The third kappa shape index (κ3) is 4.50. The summed E-state index contributed by atoms with van der Waals surface area (Å²) in [5, 5.41) is 0. The van der Waals surface area contributed by atoms with Gasteiger partial charge < -0.3 is 14.4 Å². The molecular weight excluding hydrogens is 340 g/mol. The molecule has 2 atom stereocenters. The number of hydrogen-bond donors (Lipinski definition) is 0. The van der Waals surface area contributed by atoms with Gasteiger partial charge in [-0.15, -0.1) is 0 Å². The highest BCUT2D eigenvalue weighted by molar-refractivity contribution is 9.10. The van der Waals surface area contributed by atoms with Gasteiger partial charge in [0.15, 0.2) is 6.61 Å². The molecule has 6 nitrogen and oxygen atoms in total. The molecule has 7 heteroatoms. The van der Waals surface area contributed by atoms with Crippen molar-refractivity contribution in [2.24, 2.45) is 0 Å². The Labute approximate surface area is 131 Å². The lowest BCUT2D eigenvalue weighted by atomic mass is 10.2. The number of halogens is 1. The number of morpholine rings is 1. The van der Waals surface area contributed by atoms with E-state index in [1.807, 2.05) is 13.8 Å². The van der Waals surface area contributed by atoms with Gasteiger partial charge in [-0.2, -0.15) is 0 Å². The van der Waals surface area contributed by atoms with Crippen LogP contribution in [0.2, 0.25) is 0 Å². The molecular formula is C14H17BrN2O4. The number of aromatic nitrogens is 1. The number of rotatable bonds is 3. The Morgan fingerprint density at radius 1 is 1.38 bits per heavy atom.